The third-order valence-corrected chi connectivity index (χ3v) is 7.14. The largest absolute Gasteiger partial charge is 0.176 e. The Morgan fingerprint density at radius 1 is 0.833 bits per heavy atom. The Hall–Kier alpha value is -0.690. The number of fused-ring (bicyclic) bond motifs is 1. The zero-order valence-electron chi connectivity index (χ0n) is 9.15. The lowest BCUT2D eigenvalue weighted by molar-refractivity contribution is 1.09. The van der Waals surface area contributed by atoms with Crippen LogP contribution in [0.1, 0.15) is 31.6 Å². The zero-order valence-corrected chi connectivity index (χ0v) is 12.4. The van der Waals surface area contributed by atoms with E-state index in [0.717, 1.165) is 0 Å². The third kappa shape index (κ3) is 1.67. The van der Waals surface area contributed by atoms with Gasteiger partial charge in [0.2, 0.25) is 0 Å². The van der Waals surface area contributed by atoms with Crippen LogP contribution in [-0.4, -0.2) is 8.75 Å². The molecule has 0 radical (unpaired) electrons. The van der Waals surface area contributed by atoms with Crippen molar-refractivity contribution >= 4 is 46.2 Å². The molecule has 0 N–H and O–H groups in total. The van der Waals surface area contributed by atoms with E-state index < -0.39 is 0 Å². The van der Waals surface area contributed by atoms with Crippen LogP contribution < -0.4 is 0 Å². The summed E-state index contributed by atoms with van der Waals surface area (Å²) in [5.41, 5.74) is 2.34. The molecule has 18 heavy (non-hydrogen) atoms. The highest BCUT2D eigenvalue weighted by Gasteiger charge is 2.38. The van der Waals surface area contributed by atoms with Crippen LogP contribution in [0.25, 0.3) is 0 Å². The molecule has 2 unspecified atom stereocenters. The van der Waals surface area contributed by atoms with Gasteiger partial charge in [-0.1, -0.05) is 12.1 Å². The lowest BCUT2D eigenvalue weighted by Gasteiger charge is -2.08. The molecule has 2 atom stereocenters. The summed E-state index contributed by atoms with van der Waals surface area (Å²) in [4.78, 5) is 2.76. The highest BCUT2D eigenvalue weighted by atomic mass is 32.2. The Morgan fingerprint density at radius 2 is 1.39 bits per heavy atom. The Balaban J connectivity index is 1.79. The second-order valence-electron chi connectivity index (χ2n) is 3.96. The van der Waals surface area contributed by atoms with E-state index in [4.69, 9.17) is 0 Å². The number of rotatable bonds is 2. The minimum absolute atomic E-state index is 0.367. The molecule has 4 heterocycles. The van der Waals surface area contributed by atoms with E-state index in [1.165, 1.54) is 32.9 Å². The van der Waals surface area contributed by atoms with Crippen molar-refractivity contribution in [1.29, 1.82) is 0 Å². The van der Waals surface area contributed by atoms with Gasteiger partial charge in [-0.15, -0.1) is 34.4 Å². The first-order valence-electron chi connectivity index (χ1n) is 5.48. The minimum atomic E-state index is 0.367. The van der Waals surface area contributed by atoms with Gasteiger partial charge in [0.25, 0.3) is 0 Å². The molecule has 0 aromatic carbocycles. The van der Waals surface area contributed by atoms with Gasteiger partial charge >= 0.3 is 0 Å². The first kappa shape index (κ1) is 11.2. The molecule has 4 rings (SSSR count). The highest BCUT2D eigenvalue weighted by molar-refractivity contribution is 8.00. The quantitative estimate of drug-likeness (QED) is 0.692. The van der Waals surface area contributed by atoms with Crippen molar-refractivity contribution in [3.8, 4) is 0 Å². The summed E-state index contributed by atoms with van der Waals surface area (Å²) in [5.74, 6) is 0. The number of hydrogen-bond acceptors (Lipinski definition) is 6. The van der Waals surface area contributed by atoms with Gasteiger partial charge in [-0.2, -0.15) is 8.75 Å². The lowest BCUT2D eigenvalue weighted by atomic mass is 10.1. The Labute approximate surface area is 121 Å². The van der Waals surface area contributed by atoms with Crippen LogP contribution in [-0.2, 0) is 0 Å². The van der Waals surface area contributed by atoms with Gasteiger partial charge in [0.1, 0.15) is 0 Å². The molecule has 1 aliphatic rings. The molecular formula is C12H8N2S4. The van der Waals surface area contributed by atoms with Crippen LogP contribution in [0.3, 0.4) is 0 Å². The van der Waals surface area contributed by atoms with Crippen molar-refractivity contribution in [3.05, 3.63) is 56.2 Å². The van der Waals surface area contributed by atoms with Gasteiger partial charge in [0.15, 0.2) is 0 Å². The summed E-state index contributed by atoms with van der Waals surface area (Å²) in [6.45, 7) is 0. The number of thioether (sulfide) groups is 1. The number of hydrogen-bond donors (Lipinski definition) is 0. The molecule has 90 valence electrons. The molecule has 1 aliphatic heterocycles. The predicted octanol–water partition coefficient (Wildman–Crippen LogP) is 4.59. The Bertz CT molecular complexity index is 587. The van der Waals surface area contributed by atoms with E-state index in [1.807, 2.05) is 11.8 Å². The molecule has 3 aromatic heterocycles. The van der Waals surface area contributed by atoms with E-state index in [-0.39, 0.29) is 0 Å². The molecule has 0 amide bonds. The van der Waals surface area contributed by atoms with Crippen LogP contribution in [0, 0.1) is 0 Å². The van der Waals surface area contributed by atoms with Crippen molar-refractivity contribution in [3.63, 3.8) is 0 Å². The normalized spacial score (nSPS) is 22.2. The van der Waals surface area contributed by atoms with E-state index in [0.29, 0.717) is 10.5 Å². The molecule has 0 bridgehead atoms. The molecule has 0 spiro atoms. The predicted molar refractivity (Wildman–Crippen MR) is 79.8 cm³/mol. The fourth-order valence-corrected chi connectivity index (χ4v) is 6.25. The first-order chi connectivity index (χ1) is 8.93. The summed E-state index contributed by atoms with van der Waals surface area (Å²) >= 11 is 6.92. The van der Waals surface area contributed by atoms with Crippen LogP contribution in [0.15, 0.2) is 35.0 Å². The van der Waals surface area contributed by atoms with Crippen LogP contribution in [0.5, 0.6) is 0 Å². The maximum absolute atomic E-state index is 4.52. The zero-order chi connectivity index (χ0) is 11.9. The van der Waals surface area contributed by atoms with Gasteiger partial charge < -0.3 is 0 Å². The van der Waals surface area contributed by atoms with Crippen molar-refractivity contribution in [1.82, 2.24) is 8.75 Å². The maximum atomic E-state index is 4.52. The van der Waals surface area contributed by atoms with Gasteiger partial charge in [-0.25, -0.2) is 0 Å². The summed E-state index contributed by atoms with van der Waals surface area (Å²) in [7, 11) is 0. The molecule has 0 saturated carbocycles. The third-order valence-electron chi connectivity index (χ3n) is 2.91. The minimum Gasteiger partial charge on any atom is -0.176 e. The van der Waals surface area contributed by atoms with Gasteiger partial charge in [-0.3, -0.25) is 0 Å². The SMILES string of the molecule is c1csc(C2SC(c3cccs3)c3nsnc32)c1. The monoisotopic (exact) mass is 308 g/mol. The van der Waals surface area contributed by atoms with Crippen molar-refractivity contribution in [2.24, 2.45) is 0 Å². The topological polar surface area (TPSA) is 25.8 Å². The number of thiophene rings is 2. The first-order valence-corrected chi connectivity index (χ1v) is 8.91. The van der Waals surface area contributed by atoms with Crippen molar-refractivity contribution < 1.29 is 0 Å². The molecule has 0 aliphatic carbocycles. The molecule has 2 nitrogen and oxygen atoms in total. The van der Waals surface area contributed by atoms with Gasteiger partial charge in [0, 0.05) is 9.75 Å². The van der Waals surface area contributed by atoms with Crippen molar-refractivity contribution in [2.45, 2.75) is 10.5 Å². The van der Waals surface area contributed by atoms with E-state index in [1.54, 1.807) is 22.7 Å². The van der Waals surface area contributed by atoms with Crippen LogP contribution in [0.4, 0.5) is 0 Å². The molecule has 0 fully saturated rings. The van der Waals surface area contributed by atoms with Crippen LogP contribution in [0.2, 0.25) is 0 Å². The summed E-state index contributed by atoms with van der Waals surface area (Å²) in [6, 6.07) is 8.61. The molecule has 0 saturated heterocycles. The highest BCUT2D eigenvalue weighted by Crippen LogP contribution is 2.56. The van der Waals surface area contributed by atoms with Crippen LogP contribution >= 0.6 is 46.2 Å². The fraction of sp³-hybridized carbons (Fsp3) is 0.167. The number of nitrogens with zero attached hydrogens (tertiary/aromatic N) is 2. The standard InChI is InChI=1S/C12H8N2S4/c1-3-7(15-5-1)11-9-10(14-18-13-9)12(17-11)8-4-2-6-16-8/h1-6,11-12H. The maximum Gasteiger partial charge on any atom is 0.0973 e. The Morgan fingerprint density at radius 3 is 1.83 bits per heavy atom. The molecule has 6 heteroatoms. The molecular weight excluding hydrogens is 300 g/mol. The lowest BCUT2D eigenvalue weighted by Crippen LogP contribution is -1.89. The van der Waals surface area contributed by atoms with Gasteiger partial charge in [0.05, 0.1) is 33.6 Å². The van der Waals surface area contributed by atoms with Gasteiger partial charge in [-0.05, 0) is 22.9 Å². The Kier molecular flexibility index (Phi) is 2.76. The fourth-order valence-electron chi connectivity index (χ4n) is 2.12. The summed E-state index contributed by atoms with van der Waals surface area (Å²) in [6.07, 6.45) is 0. The average Bonchev–Trinajstić information content (AvgIpc) is 3.14. The van der Waals surface area contributed by atoms with E-state index in [2.05, 4.69) is 43.8 Å². The average molecular weight is 308 g/mol. The smallest absolute Gasteiger partial charge is 0.0973 e. The number of aromatic nitrogens is 2. The summed E-state index contributed by atoms with van der Waals surface area (Å²) in [5, 5.41) is 5.00. The van der Waals surface area contributed by atoms with E-state index in [9.17, 15) is 0 Å². The second-order valence-corrected chi connectivity index (χ2v) is 7.66. The molecule has 3 aromatic rings. The van der Waals surface area contributed by atoms with Crippen molar-refractivity contribution in [2.75, 3.05) is 0 Å². The van der Waals surface area contributed by atoms with E-state index >= 15 is 0 Å². The second kappa shape index (κ2) is 4.45. The summed E-state index contributed by atoms with van der Waals surface area (Å²) < 4.78 is 9.03.